The molecule has 88 valence electrons. The zero-order valence-electron chi connectivity index (χ0n) is 10.0. The first kappa shape index (κ1) is 10.3. The minimum atomic E-state index is 0.781. The van der Waals surface area contributed by atoms with E-state index >= 15 is 0 Å². The number of hydrogen-bond acceptors (Lipinski definition) is 2. The second-order valence-corrected chi connectivity index (χ2v) is 5.37. The molecule has 2 fully saturated rings. The van der Waals surface area contributed by atoms with Gasteiger partial charge in [0.15, 0.2) is 0 Å². The zero-order chi connectivity index (χ0) is 11.0. The van der Waals surface area contributed by atoms with Crippen molar-refractivity contribution in [1.82, 2.24) is 15.1 Å². The molecule has 0 aromatic carbocycles. The van der Waals surface area contributed by atoms with Crippen molar-refractivity contribution in [2.75, 3.05) is 0 Å². The SMILES string of the molecule is CCn1cc(CNC2CC3CCC2C3)cn1. The molecule has 3 heteroatoms. The maximum atomic E-state index is 4.30. The normalized spacial score (nSPS) is 32.4. The Hall–Kier alpha value is -0.830. The van der Waals surface area contributed by atoms with Crippen molar-refractivity contribution in [1.29, 1.82) is 0 Å². The number of nitrogens with zero attached hydrogens (tertiary/aromatic N) is 2. The van der Waals surface area contributed by atoms with Gasteiger partial charge in [0.2, 0.25) is 0 Å². The quantitative estimate of drug-likeness (QED) is 0.841. The van der Waals surface area contributed by atoms with Crippen LogP contribution in [-0.4, -0.2) is 15.8 Å². The summed E-state index contributed by atoms with van der Waals surface area (Å²) in [6, 6.07) is 0.781. The molecule has 2 bridgehead atoms. The van der Waals surface area contributed by atoms with Gasteiger partial charge >= 0.3 is 0 Å². The van der Waals surface area contributed by atoms with E-state index in [4.69, 9.17) is 0 Å². The van der Waals surface area contributed by atoms with Gasteiger partial charge in [0.1, 0.15) is 0 Å². The molecular formula is C13H21N3. The third-order valence-electron chi connectivity index (χ3n) is 4.32. The van der Waals surface area contributed by atoms with Crippen LogP contribution in [0.5, 0.6) is 0 Å². The van der Waals surface area contributed by atoms with Crippen LogP contribution < -0.4 is 5.32 Å². The molecule has 2 saturated carbocycles. The molecule has 2 aliphatic carbocycles. The molecule has 1 aromatic rings. The van der Waals surface area contributed by atoms with Crippen LogP contribution in [0.25, 0.3) is 0 Å². The summed E-state index contributed by atoms with van der Waals surface area (Å²) >= 11 is 0. The Morgan fingerprint density at radius 1 is 1.44 bits per heavy atom. The zero-order valence-corrected chi connectivity index (χ0v) is 10.0. The predicted octanol–water partition coefficient (Wildman–Crippen LogP) is 2.18. The largest absolute Gasteiger partial charge is 0.310 e. The van der Waals surface area contributed by atoms with Crippen molar-refractivity contribution < 1.29 is 0 Å². The maximum Gasteiger partial charge on any atom is 0.0534 e. The van der Waals surface area contributed by atoms with E-state index in [0.29, 0.717) is 0 Å². The van der Waals surface area contributed by atoms with Gasteiger partial charge < -0.3 is 5.32 Å². The molecule has 0 spiro atoms. The van der Waals surface area contributed by atoms with Crippen molar-refractivity contribution in [2.45, 2.75) is 51.7 Å². The van der Waals surface area contributed by atoms with Crippen LogP contribution in [0, 0.1) is 11.8 Å². The molecule has 0 saturated heterocycles. The van der Waals surface area contributed by atoms with Gasteiger partial charge in [-0.25, -0.2) is 0 Å². The molecule has 3 nitrogen and oxygen atoms in total. The molecule has 0 amide bonds. The van der Waals surface area contributed by atoms with E-state index < -0.39 is 0 Å². The summed E-state index contributed by atoms with van der Waals surface area (Å²) in [4.78, 5) is 0. The average Bonchev–Trinajstić information content (AvgIpc) is 3.02. The lowest BCUT2D eigenvalue weighted by molar-refractivity contribution is 0.350. The van der Waals surface area contributed by atoms with E-state index in [1.807, 2.05) is 10.9 Å². The first-order valence-corrected chi connectivity index (χ1v) is 6.60. The second kappa shape index (κ2) is 4.21. The summed E-state index contributed by atoms with van der Waals surface area (Å²) in [6.07, 6.45) is 9.97. The Labute approximate surface area is 97.2 Å². The van der Waals surface area contributed by atoms with Crippen molar-refractivity contribution in [2.24, 2.45) is 11.8 Å². The molecule has 2 aliphatic rings. The highest BCUT2D eigenvalue weighted by atomic mass is 15.3. The van der Waals surface area contributed by atoms with Crippen molar-refractivity contribution in [3.8, 4) is 0 Å². The summed E-state index contributed by atoms with van der Waals surface area (Å²) in [5, 5.41) is 8.02. The van der Waals surface area contributed by atoms with Crippen LogP contribution in [0.1, 0.15) is 38.2 Å². The Kier molecular flexibility index (Phi) is 2.72. The highest BCUT2D eigenvalue weighted by molar-refractivity contribution is 5.04. The lowest BCUT2D eigenvalue weighted by Gasteiger charge is -2.22. The number of fused-ring (bicyclic) bond motifs is 2. The van der Waals surface area contributed by atoms with Crippen molar-refractivity contribution in [3.63, 3.8) is 0 Å². The van der Waals surface area contributed by atoms with Gasteiger partial charge in [0.05, 0.1) is 6.20 Å². The number of aromatic nitrogens is 2. The fourth-order valence-electron chi connectivity index (χ4n) is 3.41. The number of aryl methyl sites for hydroxylation is 1. The molecule has 1 heterocycles. The molecule has 3 rings (SSSR count). The monoisotopic (exact) mass is 219 g/mol. The molecule has 1 N–H and O–H groups in total. The van der Waals surface area contributed by atoms with Gasteiger partial charge in [0.25, 0.3) is 0 Å². The fraction of sp³-hybridized carbons (Fsp3) is 0.769. The van der Waals surface area contributed by atoms with Crippen LogP contribution in [0.4, 0.5) is 0 Å². The van der Waals surface area contributed by atoms with Gasteiger partial charge in [-0.05, 0) is 38.0 Å². The van der Waals surface area contributed by atoms with Crippen molar-refractivity contribution in [3.05, 3.63) is 18.0 Å². The number of nitrogens with one attached hydrogen (secondary N) is 1. The van der Waals surface area contributed by atoms with Crippen LogP contribution in [0.3, 0.4) is 0 Å². The van der Waals surface area contributed by atoms with Gasteiger partial charge in [-0.3, -0.25) is 4.68 Å². The topological polar surface area (TPSA) is 29.9 Å². The molecule has 1 aromatic heterocycles. The number of rotatable bonds is 4. The van der Waals surface area contributed by atoms with Crippen LogP contribution in [-0.2, 0) is 13.1 Å². The molecule has 0 radical (unpaired) electrons. The number of hydrogen-bond donors (Lipinski definition) is 1. The summed E-state index contributed by atoms with van der Waals surface area (Å²) in [7, 11) is 0. The standard InChI is InChI=1S/C13H21N3/c1-2-16-9-11(8-15-16)7-14-13-6-10-3-4-12(13)5-10/h8-10,12-14H,2-7H2,1H3. The third-order valence-corrected chi connectivity index (χ3v) is 4.32. The van der Waals surface area contributed by atoms with E-state index in [0.717, 1.165) is 31.0 Å². The van der Waals surface area contributed by atoms with Gasteiger partial charge in [-0.2, -0.15) is 5.10 Å². The summed E-state index contributed by atoms with van der Waals surface area (Å²) in [6.45, 7) is 4.09. The van der Waals surface area contributed by atoms with Crippen molar-refractivity contribution >= 4 is 0 Å². The molecule has 16 heavy (non-hydrogen) atoms. The highest BCUT2D eigenvalue weighted by Gasteiger charge is 2.38. The third kappa shape index (κ3) is 1.88. The Bertz CT molecular complexity index is 358. The Balaban J connectivity index is 1.53. The second-order valence-electron chi connectivity index (χ2n) is 5.37. The molecule has 3 atom stereocenters. The maximum absolute atomic E-state index is 4.30. The van der Waals surface area contributed by atoms with Gasteiger partial charge in [0, 0.05) is 30.9 Å². The first-order chi connectivity index (χ1) is 7.85. The lowest BCUT2D eigenvalue weighted by Crippen LogP contribution is -2.33. The Morgan fingerprint density at radius 3 is 3.00 bits per heavy atom. The lowest BCUT2D eigenvalue weighted by atomic mass is 9.95. The Morgan fingerprint density at radius 2 is 2.38 bits per heavy atom. The smallest absolute Gasteiger partial charge is 0.0534 e. The fourth-order valence-corrected chi connectivity index (χ4v) is 3.41. The van der Waals surface area contributed by atoms with Crippen LogP contribution in [0.2, 0.25) is 0 Å². The van der Waals surface area contributed by atoms with E-state index in [9.17, 15) is 0 Å². The summed E-state index contributed by atoms with van der Waals surface area (Å²) in [5.41, 5.74) is 1.32. The minimum absolute atomic E-state index is 0.781. The van der Waals surface area contributed by atoms with E-state index in [1.165, 1.54) is 31.2 Å². The van der Waals surface area contributed by atoms with Gasteiger partial charge in [-0.15, -0.1) is 0 Å². The molecular weight excluding hydrogens is 198 g/mol. The first-order valence-electron chi connectivity index (χ1n) is 6.60. The van der Waals surface area contributed by atoms with Crippen LogP contribution in [0.15, 0.2) is 12.4 Å². The van der Waals surface area contributed by atoms with E-state index in [-0.39, 0.29) is 0 Å². The molecule has 3 unspecified atom stereocenters. The molecule has 0 aliphatic heterocycles. The summed E-state index contributed by atoms with van der Waals surface area (Å²) in [5.74, 6) is 1.99. The predicted molar refractivity (Wildman–Crippen MR) is 64.0 cm³/mol. The summed E-state index contributed by atoms with van der Waals surface area (Å²) < 4.78 is 2.00. The van der Waals surface area contributed by atoms with Gasteiger partial charge in [-0.1, -0.05) is 6.42 Å². The van der Waals surface area contributed by atoms with E-state index in [2.05, 4.69) is 23.5 Å². The average molecular weight is 219 g/mol. The van der Waals surface area contributed by atoms with Crippen LogP contribution >= 0.6 is 0 Å². The minimum Gasteiger partial charge on any atom is -0.310 e. The highest BCUT2D eigenvalue weighted by Crippen LogP contribution is 2.44. The van der Waals surface area contributed by atoms with E-state index in [1.54, 1.807) is 0 Å².